The first-order valence-corrected chi connectivity index (χ1v) is 5.72. The van der Waals surface area contributed by atoms with Gasteiger partial charge in [-0.3, -0.25) is 5.43 Å². The second-order valence-corrected chi connectivity index (χ2v) is 4.78. The fourth-order valence-electron chi connectivity index (χ4n) is 1.66. The molecule has 1 rings (SSSR count). The first-order chi connectivity index (χ1) is 6.26. The Bertz CT molecular complexity index is 183. The van der Waals surface area contributed by atoms with E-state index in [1.54, 1.807) is 0 Å². The van der Waals surface area contributed by atoms with Crippen LogP contribution in [-0.2, 0) is 0 Å². The maximum Gasteiger partial charge on any atom is 0.203 e. The fraction of sp³-hybridized carbons (Fsp3) is 0.875. The van der Waals surface area contributed by atoms with Crippen molar-refractivity contribution in [2.75, 3.05) is 5.75 Å². The van der Waals surface area contributed by atoms with Gasteiger partial charge < -0.3 is 5.73 Å². The molecule has 2 unspecified atom stereocenters. The third-order valence-electron chi connectivity index (χ3n) is 2.23. The van der Waals surface area contributed by atoms with Crippen LogP contribution in [0.5, 0.6) is 0 Å². The van der Waals surface area contributed by atoms with Crippen LogP contribution in [0.4, 0.5) is 0 Å². The molecular formula is C8H18N4S. The first-order valence-electron chi connectivity index (χ1n) is 4.67. The monoisotopic (exact) mass is 202 g/mol. The lowest BCUT2D eigenvalue weighted by Crippen LogP contribution is -2.37. The standard InChI is InChI=1S/C8H18N4S/c1-2-13-7-4-3-6(5-7)11-8(9)12-10/h6-7H,2-5,10H2,1H3,(H3,9,11,12). The third kappa shape index (κ3) is 3.44. The Morgan fingerprint density at radius 2 is 2.38 bits per heavy atom. The zero-order valence-electron chi connectivity index (χ0n) is 7.99. The summed E-state index contributed by atoms with van der Waals surface area (Å²) >= 11 is 2.02. The van der Waals surface area contributed by atoms with E-state index in [1.807, 2.05) is 11.8 Å². The molecule has 4 nitrogen and oxygen atoms in total. The van der Waals surface area contributed by atoms with Crippen molar-refractivity contribution in [3.8, 4) is 0 Å². The van der Waals surface area contributed by atoms with Gasteiger partial charge in [0.2, 0.25) is 5.96 Å². The van der Waals surface area contributed by atoms with Gasteiger partial charge in [0.15, 0.2) is 0 Å². The van der Waals surface area contributed by atoms with E-state index in [4.69, 9.17) is 11.6 Å². The molecule has 2 atom stereocenters. The van der Waals surface area contributed by atoms with Crippen molar-refractivity contribution in [3.05, 3.63) is 0 Å². The molecule has 13 heavy (non-hydrogen) atoms. The number of hydrogen-bond donors (Lipinski definition) is 3. The zero-order valence-corrected chi connectivity index (χ0v) is 8.81. The summed E-state index contributed by atoms with van der Waals surface area (Å²) in [7, 11) is 0. The van der Waals surface area contributed by atoms with Crippen LogP contribution < -0.4 is 17.0 Å². The number of aliphatic imine (C=N–C) groups is 1. The Kier molecular flexibility index (Phi) is 4.38. The second kappa shape index (κ2) is 5.34. The number of guanidine groups is 1. The highest BCUT2D eigenvalue weighted by atomic mass is 32.2. The number of nitrogens with zero attached hydrogens (tertiary/aromatic N) is 1. The maximum atomic E-state index is 5.48. The number of hydrazine groups is 1. The highest BCUT2D eigenvalue weighted by Crippen LogP contribution is 2.31. The van der Waals surface area contributed by atoms with Gasteiger partial charge in [-0.25, -0.2) is 10.8 Å². The van der Waals surface area contributed by atoms with E-state index in [-0.39, 0.29) is 0 Å². The van der Waals surface area contributed by atoms with Crippen LogP contribution in [0.15, 0.2) is 4.99 Å². The smallest absolute Gasteiger partial charge is 0.203 e. The molecule has 0 spiro atoms. The van der Waals surface area contributed by atoms with Crippen LogP contribution in [0.1, 0.15) is 26.2 Å². The van der Waals surface area contributed by atoms with Gasteiger partial charge in [0.1, 0.15) is 0 Å². The second-order valence-electron chi connectivity index (χ2n) is 3.20. The average Bonchev–Trinajstić information content (AvgIpc) is 2.53. The normalized spacial score (nSPS) is 29.2. The molecule has 5 N–H and O–H groups in total. The highest BCUT2D eigenvalue weighted by molar-refractivity contribution is 7.99. The molecule has 1 saturated carbocycles. The summed E-state index contributed by atoms with van der Waals surface area (Å²) in [6.07, 6.45) is 3.53. The number of hydrogen-bond acceptors (Lipinski definition) is 3. The van der Waals surface area contributed by atoms with Crippen molar-refractivity contribution in [2.45, 2.75) is 37.5 Å². The van der Waals surface area contributed by atoms with E-state index in [0.29, 0.717) is 12.0 Å². The molecule has 0 aromatic heterocycles. The van der Waals surface area contributed by atoms with Crippen LogP contribution in [0, 0.1) is 0 Å². The molecule has 0 radical (unpaired) electrons. The molecule has 0 bridgehead atoms. The predicted molar refractivity (Wildman–Crippen MR) is 58.5 cm³/mol. The number of nitrogens with two attached hydrogens (primary N) is 2. The van der Waals surface area contributed by atoms with Gasteiger partial charge in [-0.15, -0.1) is 0 Å². The Balaban J connectivity index is 2.32. The van der Waals surface area contributed by atoms with E-state index in [9.17, 15) is 0 Å². The van der Waals surface area contributed by atoms with Crippen molar-refractivity contribution >= 4 is 17.7 Å². The zero-order chi connectivity index (χ0) is 9.68. The fourth-order valence-corrected chi connectivity index (χ4v) is 2.79. The summed E-state index contributed by atoms with van der Waals surface area (Å²) < 4.78 is 0. The van der Waals surface area contributed by atoms with Gasteiger partial charge in [0, 0.05) is 5.25 Å². The molecule has 5 heteroatoms. The van der Waals surface area contributed by atoms with Crippen molar-refractivity contribution < 1.29 is 0 Å². The Labute approximate surface area is 83.5 Å². The summed E-state index contributed by atoms with van der Waals surface area (Å²) in [4.78, 5) is 4.27. The lowest BCUT2D eigenvalue weighted by Gasteiger charge is -2.07. The third-order valence-corrected chi connectivity index (χ3v) is 3.46. The molecule has 1 aliphatic rings. The van der Waals surface area contributed by atoms with Crippen molar-refractivity contribution in [1.82, 2.24) is 5.43 Å². The SMILES string of the molecule is CCSC1CCC(N=C(N)NN)C1. The summed E-state index contributed by atoms with van der Waals surface area (Å²) in [6, 6.07) is 0.375. The van der Waals surface area contributed by atoms with Crippen molar-refractivity contribution in [3.63, 3.8) is 0 Å². The Morgan fingerprint density at radius 3 is 3.00 bits per heavy atom. The van der Waals surface area contributed by atoms with E-state index >= 15 is 0 Å². The molecular weight excluding hydrogens is 184 g/mol. The van der Waals surface area contributed by atoms with E-state index in [1.165, 1.54) is 12.2 Å². The van der Waals surface area contributed by atoms with Gasteiger partial charge in [-0.05, 0) is 25.0 Å². The number of thioether (sulfide) groups is 1. The molecule has 0 amide bonds. The van der Waals surface area contributed by atoms with Gasteiger partial charge in [0.05, 0.1) is 6.04 Å². The van der Waals surface area contributed by atoms with Gasteiger partial charge in [-0.2, -0.15) is 11.8 Å². The van der Waals surface area contributed by atoms with Crippen LogP contribution in [0.25, 0.3) is 0 Å². The van der Waals surface area contributed by atoms with E-state index in [2.05, 4.69) is 17.3 Å². The predicted octanol–water partition coefficient (Wildman–Crippen LogP) is 0.439. The van der Waals surface area contributed by atoms with Crippen LogP contribution >= 0.6 is 11.8 Å². The lowest BCUT2D eigenvalue weighted by molar-refractivity contribution is 0.700. The maximum absolute atomic E-state index is 5.48. The van der Waals surface area contributed by atoms with Crippen LogP contribution in [-0.4, -0.2) is 23.0 Å². The summed E-state index contributed by atoms with van der Waals surface area (Å²) in [6.45, 7) is 2.19. The van der Waals surface area contributed by atoms with Crippen LogP contribution in [0.3, 0.4) is 0 Å². The molecule has 0 aromatic carbocycles. The summed E-state index contributed by atoms with van der Waals surface area (Å²) in [5.41, 5.74) is 7.84. The molecule has 76 valence electrons. The first kappa shape index (κ1) is 10.7. The van der Waals surface area contributed by atoms with E-state index < -0.39 is 0 Å². The molecule has 0 heterocycles. The summed E-state index contributed by atoms with van der Waals surface area (Å²) in [5, 5.41) is 0.768. The minimum Gasteiger partial charge on any atom is -0.369 e. The molecule has 0 aliphatic heterocycles. The molecule has 0 aromatic rings. The van der Waals surface area contributed by atoms with Crippen molar-refractivity contribution in [1.29, 1.82) is 0 Å². The minimum atomic E-state index is 0.354. The number of rotatable bonds is 3. The number of nitrogens with one attached hydrogen (secondary N) is 1. The largest absolute Gasteiger partial charge is 0.369 e. The molecule has 0 saturated heterocycles. The van der Waals surface area contributed by atoms with Crippen molar-refractivity contribution in [2.24, 2.45) is 16.6 Å². The topological polar surface area (TPSA) is 76.4 Å². The summed E-state index contributed by atoms with van der Waals surface area (Å²) in [5.74, 6) is 6.67. The minimum absolute atomic E-state index is 0.354. The Hall–Kier alpha value is -0.420. The average molecular weight is 202 g/mol. The lowest BCUT2D eigenvalue weighted by atomic mass is 10.3. The highest BCUT2D eigenvalue weighted by Gasteiger charge is 2.23. The van der Waals surface area contributed by atoms with Gasteiger partial charge in [0.25, 0.3) is 0 Å². The Morgan fingerprint density at radius 1 is 1.62 bits per heavy atom. The molecule has 1 fully saturated rings. The van der Waals surface area contributed by atoms with Gasteiger partial charge in [-0.1, -0.05) is 6.92 Å². The van der Waals surface area contributed by atoms with E-state index in [0.717, 1.165) is 18.1 Å². The van der Waals surface area contributed by atoms with Gasteiger partial charge >= 0.3 is 0 Å². The molecule has 1 aliphatic carbocycles. The quantitative estimate of drug-likeness (QED) is 0.269. The van der Waals surface area contributed by atoms with Crippen LogP contribution in [0.2, 0.25) is 0 Å².